The Balaban J connectivity index is 2.36. The van der Waals surface area contributed by atoms with E-state index in [1.165, 1.54) is 6.07 Å². The Morgan fingerprint density at radius 2 is 2.00 bits per heavy atom. The van der Waals surface area contributed by atoms with Gasteiger partial charge >= 0.3 is 0 Å². The zero-order valence-electron chi connectivity index (χ0n) is 17.4. The molecular weight excluding hydrogens is 360 g/mol. The van der Waals surface area contributed by atoms with Gasteiger partial charge in [-0.25, -0.2) is 0 Å². The molecule has 1 atom stereocenters. The second-order valence-electron chi connectivity index (χ2n) is 7.75. The van der Waals surface area contributed by atoms with Crippen LogP contribution in [0.3, 0.4) is 0 Å². The van der Waals surface area contributed by atoms with Crippen molar-refractivity contribution in [3.05, 3.63) is 27.8 Å². The summed E-state index contributed by atoms with van der Waals surface area (Å²) in [6.45, 7) is 4.71. The summed E-state index contributed by atoms with van der Waals surface area (Å²) in [5.74, 6) is 0.415. The van der Waals surface area contributed by atoms with Gasteiger partial charge in [-0.1, -0.05) is 6.92 Å². The molecule has 0 aromatic heterocycles. The predicted molar refractivity (Wildman–Crippen MR) is 111 cm³/mol. The molecule has 0 heterocycles. The van der Waals surface area contributed by atoms with Gasteiger partial charge in [-0.15, -0.1) is 0 Å². The van der Waals surface area contributed by atoms with Crippen molar-refractivity contribution in [2.75, 3.05) is 38.0 Å². The summed E-state index contributed by atoms with van der Waals surface area (Å²) >= 11 is 0. The van der Waals surface area contributed by atoms with Crippen molar-refractivity contribution < 1.29 is 14.5 Å². The van der Waals surface area contributed by atoms with Crippen LogP contribution in [-0.4, -0.2) is 50.7 Å². The number of methoxy groups -OCH3 is 1. The molecule has 2 rings (SSSR count). The van der Waals surface area contributed by atoms with Gasteiger partial charge in [0.25, 0.3) is 11.6 Å². The molecule has 1 amide bonds. The molecule has 1 fully saturated rings. The lowest BCUT2D eigenvalue weighted by Crippen LogP contribution is -2.38. The number of nitrogens with zero attached hydrogens (tertiary/aromatic N) is 2. The molecule has 0 bridgehead atoms. The highest BCUT2D eigenvalue weighted by molar-refractivity contribution is 6.02. The van der Waals surface area contributed by atoms with Gasteiger partial charge in [-0.3, -0.25) is 14.9 Å². The van der Waals surface area contributed by atoms with E-state index in [1.54, 1.807) is 20.2 Å². The number of anilines is 2. The Hall–Kier alpha value is -2.35. The van der Waals surface area contributed by atoms with Gasteiger partial charge in [0.1, 0.15) is 5.69 Å². The summed E-state index contributed by atoms with van der Waals surface area (Å²) in [5, 5.41) is 17.4. The molecule has 0 spiro atoms. The maximum absolute atomic E-state index is 13.0. The van der Waals surface area contributed by atoms with Crippen molar-refractivity contribution in [3.63, 3.8) is 0 Å². The molecule has 8 nitrogen and oxygen atoms in total. The number of rotatable bonds is 8. The second kappa shape index (κ2) is 9.73. The molecule has 1 unspecified atom stereocenters. The third kappa shape index (κ3) is 5.34. The summed E-state index contributed by atoms with van der Waals surface area (Å²) in [4.78, 5) is 26.0. The number of hydrogen-bond acceptors (Lipinski definition) is 6. The molecule has 1 saturated carbocycles. The van der Waals surface area contributed by atoms with Crippen LogP contribution in [0.15, 0.2) is 12.1 Å². The van der Waals surface area contributed by atoms with Crippen molar-refractivity contribution >= 4 is 23.0 Å². The van der Waals surface area contributed by atoms with Crippen LogP contribution in [0.2, 0.25) is 0 Å². The van der Waals surface area contributed by atoms with Gasteiger partial charge in [0.05, 0.1) is 22.3 Å². The van der Waals surface area contributed by atoms with Crippen molar-refractivity contribution in [1.82, 2.24) is 5.32 Å². The van der Waals surface area contributed by atoms with Crippen LogP contribution in [0.4, 0.5) is 17.1 Å². The minimum atomic E-state index is -0.466. The molecule has 1 aromatic rings. The van der Waals surface area contributed by atoms with Gasteiger partial charge in [-0.05, 0) is 44.6 Å². The summed E-state index contributed by atoms with van der Waals surface area (Å²) in [7, 11) is 5.12. The number of carbonyl (C=O) groups is 1. The molecule has 156 valence electrons. The first-order valence-electron chi connectivity index (χ1n) is 9.81. The lowest BCUT2D eigenvalue weighted by Gasteiger charge is -2.29. The second-order valence-corrected chi connectivity index (χ2v) is 7.75. The van der Waals surface area contributed by atoms with Crippen molar-refractivity contribution in [3.8, 4) is 0 Å². The van der Waals surface area contributed by atoms with Gasteiger partial charge in [0.15, 0.2) is 0 Å². The highest BCUT2D eigenvalue weighted by Gasteiger charge is 2.26. The van der Waals surface area contributed by atoms with Crippen LogP contribution in [0.1, 0.15) is 49.9 Å². The van der Waals surface area contributed by atoms with E-state index in [0.717, 1.165) is 25.7 Å². The normalized spacial score (nSPS) is 20.3. The lowest BCUT2D eigenvalue weighted by molar-refractivity contribution is -0.383. The van der Waals surface area contributed by atoms with E-state index in [4.69, 9.17) is 4.74 Å². The first-order chi connectivity index (χ1) is 13.3. The quantitative estimate of drug-likeness (QED) is 0.520. The minimum Gasteiger partial charge on any atom is -0.383 e. The minimum absolute atomic E-state index is 0.0472. The smallest absolute Gasteiger partial charge is 0.293 e. The fourth-order valence-electron chi connectivity index (χ4n) is 3.65. The molecule has 0 saturated heterocycles. The molecule has 0 aliphatic heterocycles. The van der Waals surface area contributed by atoms with Gasteiger partial charge in [0, 0.05) is 39.9 Å². The SMILES string of the molecule is CNc1cc(N(C)CC(C)OC)c(C(=O)NC2CCC(C)CC2)cc1[N+](=O)[O-]. The summed E-state index contributed by atoms with van der Waals surface area (Å²) in [6, 6.07) is 3.15. The predicted octanol–water partition coefficient (Wildman–Crippen LogP) is 3.42. The number of nitro groups is 1. The summed E-state index contributed by atoms with van der Waals surface area (Å²) in [6.07, 6.45) is 4.00. The molecule has 8 heteroatoms. The lowest BCUT2D eigenvalue weighted by atomic mass is 9.87. The fourth-order valence-corrected chi connectivity index (χ4v) is 3.65. The number of hydrogen-bond donors (Lipinski definition) is 2. The number of likely N-dealkylation sites (N-methyl/N-ethyl adjacent to an activating group) is 1. The molecule has 28 heavy (non-hydrogen) atoms. The average Bonchev–Trinajstić information content (AvgIpc) is 2.68. The van der Waals surface area contributed by atoms with Crippen molar-refractivity contribution in [1.29, 1.82) is 0 Å². The zero-order valence-corrected chi connectivity index (χ0v) is 17.4. The van der Waals surface area contributed by atoms with E-state index in [2.05, 4.69) is 17.6 Å². The molecule has 0 radical (unpaired) electrons. The number of ether oxygens (including phenoxy) is 1. The fraction of sp³-hybridized carbons (Fsp3) is 0.650. The molecule has 2 N–H and O–H groups in total. The van der Waals surface area contributed by atoms with E-state index in [1.807, 2.05) is 18.9 Å². The number of nitro benzene ring substituents is 1. The molecule has 1 aliphatic carbocycles. The Bertz CT molecular complexity index is 702. The Labute approximate surface area is 166 Å². The zero-order chi connectivity index (χ0) is 20.8. The average molecular weight is 393 g/mol. The largest absolute Gasteiger partial charge is 0.383 e. The van der Waals surface area contributed by atoms with Crippen LogP contribution in [-0.2, 0) is 4.74 Å². The number of amides is 1. The van der Waals surface area contributed by atoms with Crippen LogP contribution in [0.25, 0.3) is 0 Å². The maximum atomic E-state index is 13.0. The maximum Gasteiger partial charge on any atom is 0.293 e. The van der Waals surface area contributed by atoms with E-state index < -0.39 is 4.92 Å². The Kier molecular flexibility index (Phi) is 7.62. The third-order valence-corrected chi connectivity index (χ3v) is 5.52. The highest BCUT2D eigenvalue weighted by atomic mass is 16.6. The van der Waals surface area contributed by atoms with Gasteiger partial charge in [-0.2, -0.15) is 0 Å². The number of benzene rings is 1. The van der Waals surface area contributed by atoms with Crippen LogP contribution in [0.5, 0.6) is 0 Å². The molecular formula is C20H32N4O4. The monoisotopic (exact) mass is 392 g/mol. The van der Waals surface area contributed by atoms with E-state index >= 15 is 0 Å². The number of carbonyl (C=O) groups excluding carboxylic acids is 1. The van der Waals surface area contributed by atoms with E-state index in [9.17, 15) is 14.9 Å². The van der Waals surface area contributed by atoms with E-state index in [-0.39, 0.29) is 23.7 Å². The Morgan fingerprint density at radius 1 is 1.36 bits per heavy atom. The van der Waals surface area contributed by atoms with Crippen molar-refractivity contribution in [2.24, 2.45) is 5.92 Å². The molecule has 1 aliphatic rings. The topological polar surface area (TPSA) is 96.7 Å². The first kappa shape index (κ1) is 21.9. The first-order valence-corrected chi connectivity index (χ1v) is 9.81. The summed E-state index contributed by atoms with van der Waals surface area (Å²) in [5.41, 5.74) is 1.22. The summed E-state index contributed by atoms with van der Waals surface area (Å²) < 4.78 is 5.33. The Morgan fingerprint density at radius 3 is 2.54 bits per heavy atom. The van der Waals surface area contributed by atoms with E-state index in [0.29, 0.717) is 29.4 Å². The van der Waals surface area contributed by atoms with Crippen LogP contribution >= 0.6 is 0 Å². The highest BCUT2D eigenvalue weighted by Crippen LogP contribution is 2.33. The molecule has 1 aromatic carbocycles. The third-order valence-electron chi connectivity index (χ3n) is 5.52. The van der Waals surface area contributed by atoms with Gasteiger partial charge in [0.2, 0.25) is 0 Å². The van der Waals surface area contributed by atoms with Crippen LogP contribution in [0, 0.1) is 16.0 Å². The standard InChI is InChI=1S/C20H32N4O4/c1-13-6-8-15(9-7-13)22-20(25)16-10-19(24(26)27)17(21-3)11-18(16)23(4)12-14(2)28-5/h10-11,13-15,21H,6-9,12H2,1-5H3,(H,22,25). The van der Waals surface area contributed by atoms with Gasteiger partial charge < -0.3 is 20.3 Å². The number of nitrogens with one attached hydrogen (secondary N) is 2. The van der Waals surface area contributed by atoms with Crippen LogP contribution < -0.4 is 15.5 Å². The van der Waals surface area contributed by atoms with Crippen molar-refractivity contribution in [2.45, 2.75) is 51.7 Å².